The topological polar surface area (TPSA) is 41.6 Å². The van der Waals surface area contributed by atoms with E-state index in [-0.39, 0.29) is 5.92 Å². The zero-order chi connectivity index (χ0) is 17.9. The van der Waals surface area contributed by atoms with Gasteiger partial charge in [0.15, 0.2) is 5.11 Å². The second-order valence-corrected chi connectivity index (χ2v) is 7.19. The van der Waals surface area contributed by atoms with E-state index < -0.39 is 6.09 Å². The van der Waals surface area contributed by atoms with Gasteiger partial charge in [-0.2, -0.15) is 0 Å². The summed E-state index contributed by atoms with van der Waals surface area (Å²) in [5, 5.41) is 3.19. The summed E-state index contributed by atoms with van der Waals surface area (Å²) in [6.07, 6.45) is 2.99. The van der Waals surface area contributed by atoms with Crippen LogP contribution in [0, 0.1) is 0 Å². The van der Waals surface area contributed by atoms with E-state index in [0.29, 0.717) is 11.7 Å². The van der Waals surface area contributed by atoms with Crippen LogP contribution in [-0.2, 0) is 4.74 Å². The third-order valence-electron chi connectivity index (χ3n) is 5.20. The maximum absolute atomic E-state index is 12.2. The largest absolute Gasteiger partial charge is 0.448 e. The van der Waals surface area contributed by atoms with E-state index in [0.717, 1.165) is 25.9 Å². The molecule has 0 saturated carbocycles. The molecule has 1 aliphatic carbocycles. The van der Waals surface area contributed by atoms with Gasteiger partial charge in [0, 0.05) is 19.0 Å². The molecule has 1 aliphatic heterocycles. The molecular weight excluding hydrogens is 344 g/mol. The van der Waals surface area contributed by atoms with Gasteiger partial charge in [0.25, 0.3) is 0 Å². The average Bonchev–Trinajstić information content (AvgIpc) is 3.01. The normalized spacial score (nSPS) is 15.9. The molecule has 0 unspecified atom stereocenters. The number of carbonyl (C=O) groups is 1. The van der Waals surface area contributed by atoms with Crippen LogP contribution in [0.2, 0.25) is 0 Å². The van der Waals surface area contributed by atoms with Crippen molar-refractivity contribution in [1.82, 2.24) is 10.2 Å². The maximum Gasteiger partial charge on any atom is 0.413 e. The van der Waals surface area contributed by atoms with Crippen molar-refractivity contribution in [2.24, 2.45) is 0 Å². The van der Waals surface area contributed by atoms with Crippen LogP contribution in [0.3, 0.4) is 0 Å². The van der Waals surface area contributed by atoms with E-state index >= 15 is 0 Å². The quantitative estimate of drug-likeness (QED) is 0.805. The van der Waals surface area contributed by atoms with Crippen molar-refractivity contribution >= 4 is 23.4 Å². The highest BCUT2D eigenvalue weighted by Crippen LogP contribution is 2.44. The van der Waals surface area contributed by atoms with Gasteiger partial charge in [0.05, 0.1) is 0 Å². The van der Waals surface area contributed by atoms with E-state index in [1.165, 1.54) is 28.7 Å². The van der Waals surface area contributed by atoms with Gasteiger partial charge in [0.1, 0.15) is 6.61 Å². The van der Waals surface area contributed by atoms with Crippen LogP contribution in [0.25, 0.3) is 11.1 Å². The van der Waals surface area contributed by atoms with Crippen molar-refractivity contribution < 1.29 is 9.53 Å². The Morgan fingerprint density at radius 3 is 2.19 bits per heavy atom. The fourth-order valence-corrected chi connectivity index (χ4v) is 4.16. The molecule has 0 atom stereocenters. The van der Waals surface area contributed by atoms with E-state index in [2.05, 4.69) is 29.6 Å². The first-order valence-corrected chi connectivity index (χ1v) is 9.56. The predicted molar refractivity (Wildman–Crippen MR) is 106 cm³/mol. The van der Waals surface area contributed by atoms with Crippen LogP contribution in [0.5, 0.6) is 0 Å². The smallest absolute Gasteiger partial charge is 0.413 e. The molecule has 2 aromatic rings. The van der Waals surface area contributed by atoms with Gasteiger partial charge >= 0.3 is 6.09 Å². The zero-order valence-electron chi connectivity index (χ0n) is 14.6. The number of likely N-dealkylation sites (tertiary alicyclic amines) is 1. The highest BCUT2D eigenvalue weighted by atomic mass is 32.1. The van der Waals surface area contributed by atoms with Gasteiger partial charge < -0.3 is 9.64 Å². The lowest BCUT2D eigenvalue weighted by atomic mass is 9.98. The van der Waals surface area contributed by atoms with E-state index in [1.54, 1.807) is 0 Å². The summed E-state index contributed by atoms with van der Waals surface area (Å²) in [5.74, 6) is 0.0664. The molecule has 1 N–H and O–H groups in total. The second-order valence-electron chi connectivity index (χ2n) is 6.80. The van der Waals surface area contributed by atoms with Gasteiger partial charge in [-0.05, 0) is 53.7 Å². The average molecular weight is 366 g/mol. The van der Waals surface area contributed by atoms with E-state index in [1.807, 2.05) is 29.2 Å². The van der Waals surface area contributed by atoms with Crippen molar-refractivity contribution in [2.75, 3.05) is 19.7 Å². The lowest BCUT2D eigenvalue weighted by Gasteiger charge is -2.28. The Morgan fingerprint density at radius 1 is 1.00 bits per heavy atom. The van der Waals surface area contributed by atoms with Crippen molar-refractivity contribution in [3.63, 3.8) is 0 Å². The minimum atomic E-state index is -0.470. The standard InChI is InChI=1S/C21H22N2O2S/c24-21(22-20(26)23-12-6-1-7-13-23)25-14-19-17-10-4-2-8-15(17)16-9-3-5-11-18(16)19/h2-5,8-11,19H,1,6-7,12-14H2,(H,22,24,26). The number of rotatable bonds is 2. The van der Waals surface area contributed by atoms with Crippen molar-refractivity contribution in [2.45, 2.75) is 25.2 Å². The molecule has 0 spiro atoms. The molecule has 4 nitrogen and oxygen atoms in total. The highest BCUT2D eigenvalue weighted by molar-refractivity contribution is 7.80. The Bertz CT molecular complexity index is 785. The Kier molecular flexibility index (Phi) is 4.89. The van der Waals surface area contributed by atoms with Gasteiger partial charge in [-0.15, -0.1) is 0 Å². The van der Waals surface area contributed by atoms with Crippen molar-refractivity contribution in [1.29, 1.82) is 0 Å². The molecule has 2 aliphatic rings. The van der Waals surface area contributed by atoms with Crippen LogP contribution in [-0.4, -0.2) is 35.8 Å². The summed E-state index contributed by atoms with van der Waals surface area (Å²) in [7, 11) is 0. The second kappa shape index (κ2) is 7.46. The fraction of sp³-hybridized carbons (Fsp3) is 0.333. The van der Waals surface area contributed by atoms with E-state index in [4.69, 9.17) is 17.0 Å². The third-order valence-corrected chi connectivity index (χ3v) is 5.56. The SMILES string of the molecule is O=C(NC(=S)N1CCCCC1)OCC1c2ccccc2-c2ccccc21. The molecule has 0 bridgehead atoms. The number of hydrogen-bond donors (Lipinski definition) is 1. The number of benzene rings is 2. The number of carbonyl (C=O) groups excluding carboxylic acids is 1. The number of ether oxygens (including phenoxy) is 1. The highest BCUT2D eigenvalue weighted by Gasteiger charge is 2.29. The van der Waals surface area contributed by atoms with Crippen LogP contribution < -0.4 is 5.32 Å². The minimum absolute atomic E-state index is 0.0664. The van der Waals surface area contributed by atoms with Crippen molar-refractivity contribution in [3.05, 3.63) is 59.7 Å². The molecule has 1 amide bonds. The Hall–Kier alpha value is -2.40. The summed E-state index contributed by atoms with van der Waals surface area (Å²) in [5.41, 5.74) is 4.86. The summed E-state index contributed by atoms with van der Waals surface area (Å²) < 4.78 is 5.54. The molecule has 1 fully saturated rings. The lowest BCUT2D eigenvalue weighted by Crippen LogP contribution is -2.45. The first kappa shape index (κ1) is 17.0. The van der Waals surface area contributed by atoms with Crippen LogP contribution in [0.4, 0.5) is 4.79 Å². The van der Waals surface area contributed by atoms with Gasteiger partial charge in [-0.1, -0.05) is 48.5 Å². The number of nitrogens with one attached hydrogen (secondary N) is 1. The zero-order valence-corrected chi connectivity index (χ0v) is 15.4. The van der Waals surface area contributed by atoms with Crippen molar-refractivity contribution in [3.8, 4) is 11.1 Å². The van der Waals surface area contributed by atoms with Gasteiger partial charge in [-0.3, -0.25) is 5.32 Å². The Labute approximate surface area is 159 Å². The number of piperidine rings is 1. The molecule has 1 heterocycles. The fourth-order valence-electron chi connectivity index (χ4n) is 3.90. The first-order chi connectivity index (χ1) is 12.7. The molecule has 26 heavy (non-hydrogen) atoms. The Balaban J connectivity index is 1.41. The number of thiocarbonyl (C=S) groups is 1. The first-order valence-electron chi connectivity index (χ1n) is 9.15. The number of hydrogen-bond acceptors (Lipinski definition) is 3. The number of fused-ring (bicyclic) bond motifs is 3. The summed E-state index contributed by atoms with van der Waals surface area (Å²) in [4.78, 5) is 14.3. The molecule has 0 radical (unpaired) electrons. The molecule has 5 heteroatoms. The maximum atomic E-state index is 12.2. The van der Waals surface area contributed by atoms with Gasteiger partial charge in [0.2, 0.25) is 0 Å². The molecule has 1 saturated heterocycles. The summed E-state index contributed by atoms with van der Waals surface area (Å²) in [6.45, 7) is 2.12. The molecule has 0 aromatic heterocycles. The third kappa shape index (κ3) is 3.31. The van der Waals surface area contributed by atoms with E-state index in [9.17, 15) is 4.79 Å². The number of amides is 1. The predicted octanol–water partition coefficient (Wildman–Crippen LogP) is 4.30. The molecule has 134 valence electrons. The Morgan fingerprint density at radius 2 is 1.58 bits per heavy atom. The van der Waals surface area contributed by atoms with Crippen LogP contribution in [0.15, 0.2) is 48.5 Å². The number of alkyl carbamates (subject to hydrolysis) is 1. The monoisotopic (exact) mass is 366 g/mol. The molecular formula is C21H22N2O2S. The minimum Gasteiger partial charge on any atom is -0.448 e. The molecule has 2 aromatic carbocycles. The van der Waals surface area contributed by atoms with Crippen LogP contribution in [0.1, 0.15) is 36.3 Å². The number of nitrogens with zero attached hydrogens (tertiary/aromatic N) is 1. The molecule has 4 rings (SSSR count). The van der Waals surface area contributed by atoms with Gasteiger partial charge in [-0.25, -0.2) is 4.79 Å². The lowest BCUT2D eigenvalue weighted by molar-refractivity contribution is 0.147. The van der Waals surface area contributed by atoms with Crippen LogP contribution >= 0.6 is 12.2 Å². The summed E-state index contributed by atoms with van der Waals surface area (Å²) in [6, 6.07) is 16.6. The summed E-state index contributed by atoms with van der Waals surface area (Å²) >= 11 is 5.34.